The van der Waals surface area contributed by atoms with Crippen LogP contribution < -0.4 is 9.64 Å². The van der Waals surface area contributed by atoms with Gasteiger partial charge in [-0.2, -0.15) is 0 Å². The molecular formula is C27H34N2O7Si. The summed E-state index contributed by atoms with van der Waals surface area (Å²) in [7, 11) is -1.02. The molecule has 3 atom stereocenters. The molecule has 2 aromatic rings. The van der Waals surface area contributed by atoms with Crippen molar-refractivity contribution in [1.29, 1.82) is 0 Å². The van der Waals surface area contributed by atoms with E-state index >= 15 is 0 Å². The Balaban J connectivity index is 1.77. The van der Waals surface area contributed by atoms with Gasteiger partial charge < -0.3 is 23.9 Å². The van der Waals surface area contributed by atoms with Crippen LogP contribution in [0.2, 0.25) is 18.1 Å². The van der Waals surface area contributed by atoms with Gasteiger partial charge in [0.2, 0.25) is 0 Å². The van der Waals surface area contributed by atoms with E-state index in [4.69, 9.17) is 13.9 Å². The van der Waals surface area contributed by atoms with Gasteiger partial charge in [0.05, 0.1) is 36.5 Å². The first kappa shape index (κ1) is 26.7. The normalized spacial score (nSPS) is 21.7. The molecule has 0 spiro atoms. The van der Waals surface area contributed by atoms with Gasteiger partial charge in [0.1, 0.15) is 11.9 Å². The third kappa shape index (κ3) is 5.08. The van der Waals surface area contributed by atoms with E-state index in [0.29, 0.717) is 11.3 Å². The Morgan fingerprint density at radius 3 is 2.35 bits per heavy atom. The molecule has 2 heterocycles. The van der Waals surface area contributed by atoms with Gasteiger partial charge in [-0.15, -0.1) is 0 Å². The second kappa shape index (κ2) is 9.83. The molecule has 2 aliphatic heterocycles. The number of carbonyl (C=O) groups is 3. The van der Waals surface area contributed by atoms with Crippen LogP contribution in [0.5, 0.6) is 5.75 Å². The quantitative estimate of drug-likeness (QED) is 0.433. The van der Waals surface area contributed by atoms with Crippen LogP contribution in [-0.4, -0.2) is 68.3 Å². The Morgan fingerprint density at radius 1 is 1.08 bits per heavy atom. The molecule has 37 heavy (non-hydrogen) atoms. The summed E-state index contributed by atoms with van der Waals surface area (Å²) in [5.41, 5.74) is 0.851. The lowest BCUT2D eigenvalue weighted by atomic mass is 10.1. The van der Waals surface area contributed by atoms with Gasteiger partial charge in [-0.05, 0) is 48.5 Å². The predicted molar refractivity (Wildman–Crippen MR) is 141 cm³/mol. The van der Waals surface area contributed by atoms with Gasteiger partial charge in [-0.3, -0.25) is 4.79 Å². The monoisotopic (exact) mass is 526 g/mol. The maximum atomic E-state index is 13.8. The van der Waals surface area contributed by atoms with Crippen molar-refractivity contribution < 1.29 is 33.4 Å². The van der Waals surface area contributed by atoms with Crippen LogP contribution in [0.25, 0.3) is 0 Å². The number of hydrogen-bond donors (Lipinski definition) is 1. The van der Waals surface area contributed by atoms with Gasteiger partial charge >= 0.3 is 12.1 Å². The van der Waals surface area contributed by atoms with Gasteiger partial charge in [-0.1, -0.05) is 39.0 Å². The number of benzene rings is 2. The summed E-state index contributed by atoms with van der Waals surface area (Å²) in [6.07, 6.45) is -2.57. The first-order valence-electron chi connectivity index (χ1n) is 12.3. The molecule has 1 N–H and O–H groups in total. The number of nitrogens with zero attached hydrogens (tertiary/aromatic N) is 2. The van der Waals surface area contributed by atoms with Crippen molar-refractivity contribution in [3.63, 3.8) is 0 Å². The molecule has 0 aliphatic carbocycles. The molecule has 9 nitrogen and oxygen atoms in total. The number of esters is 1. The molecule has 2 aliphatic rings. The van der Waals surface area contributed by atoms with Gasteiger partial charge in [-0.25, -0.2) is 14.5 Å². The van der Waals surface area contributed by atoms with E-state index in [2.05, 4.69) is 20.8 Å². The van der Waals surface area contributed by atoms with E-state index in [1.807, 2.05) is 19.2 Å². The molecule has 0 aromatic heterocycles. The standard InChI is InChI=1S/C27H34N2O7Si/c1-27(2,3)37(5,6)36-24-22-15-19(35-25(31)17-10-8-7-9-11-17)16-28(22)23(30)20-14-18(34-4)12-13-21(20)29(24)26(32)33/h7-14,19,22,24H,15-16H2,1-6H3,(H,32,33). The van der Waals surface area contributed by atoms with Crippen molar-refractivity contribution in [1.82, 2.24) is 4.90 Å². The topological polar surface area (TPSA) is 106 Å². The van der Waals surface area contributed by atoms with Gasteiger partial charge in [0, 0.05) is 6.42 Å². The van der Waals surface area contributed by atoms with Crippen LogP contribution in [0.4, 0.5) is 10.5 Å². The largest absolute Gasteiger partial charge is 0.497 e. The minimum absolute atomic E-state index is 0.129. The molecule has 3 unspecified atom stereocenters. The van der Waals surface area contributed by atoms with Crippen LogP contribution in [0, 0.1) is 0 Å². The predicted octanol–water partition coefficient (Wildman–Crippen LogP) is 4.98. The van der Waals surface area contributed by atoms with Crippen molar-refractivity contribution in [3.8, 4) is 5.75 Å². The molecule has 10 heteroatoms. The van der Waals surface area contributed by atoms with Crippen LogP contribution in [-0.2, 0) is 9.16 Å². The van der Waals surface area contributed by atoms with Gasteiger partial charge in [0.25, 0.3) is 5.91 Å². The average molecular weight is 527 g/mol. The molecule has 0 saturated carbocycles. The van der Waals surface area contributed by atoms with Crippen LogP contribution in [0.3, 0.4) is 0 Å². The highest BCUT2D eigenvalue weighted by atomic mass is 28.4. The number of anilines is 1. The van der Waals surface area contributed by atoms with Gasteiger partial charge in [0.15, 0.2) is 14.5 Å². The molecule has 2 amide bonds. The fourth-order valence-electron chi connectivity index (χ4n) is 4.52. The Bertz CT molecular complexity index is 1190. The molecule has 0 bridgehead atoms. The van der Waals surface area contributed by atoms with Crippen molar-refractivity contribution >= 4 is 32.0 Å². The Labute approximate surface area is 218 Å². The summed E-state index contributed by atoms with van der Waals surface area (Å²) in [6, 6.07) is 12.7. The Hall–Kier alpha value is -3.37. The SMILES string of the molecule is COc1ccc2c(c1)C(=O)N1CC(OC(=O)c3ccccc3)CC1C(O[Si](C)(C)C(C)(C)C)N2C(=O)O. The Kier molecular flexibility index (Phi) is 7.09. The molecule has 4 rings (SSSR count). The molecular weight excluding hydrogens is 492 g/mol. The lowest BCUT2D eigenvalue weighted by molar-refractivity contribution is 0.0314. The van der Waals surface area contributed by atoms with E-state index in [0.717, 1.165) is 4.90 Å². The Morgan fingerprint density at radius 2 is 1.76 bits per heavy atom. The number of rotatable bonds is 5. The highest BCUT2D eigenvalue weighted by Gasteiger charge is 2.52. The minimum Gasteiger partial charge on any atom is -0.497 e. The first-order chi connectivity index (χ1) is 17.3. The summed E-state index contributed by atoms with van der Waals surface area (Å²) >= 11 is 0. The molecule has 0 radical (unpaired) electrons. The lowest BCUT2D eigenvalue weighted by Gasteiger charge is -2.44. The van der Waals surface area contributed by atoms with E-state index < -0.39 is 38.8 Å². The number of carbonyl (C=O) groups excluding carboxylic acids is 2. The zero-order valence-electron chi connectivity index (χ0n) is 22.1. The number of hydrogen-bond acceptors (Lipinski definition) is 6. The average Bonchev–Trinajstić information content (AvgIpc) is 3.23. The zero-order valence-corrected chi connectivity index (χ0v) is 23.1. The zero-order chi connectivity index (χ0) is 27.1. The fraction of sp³-hybridized carbons (Fsp3) is 0.444. The smallest absolute Gasteiger partial charge is 0.414 e. The fourth-order valence-corrected chi connectivity index (χ4v) is 5.74. The second-order valence-corrected chi connectivity index (χ2v) is 15.7. The van der Waals surface area contributed by atoms with E-state index in [1.165, 1.54) is 7.11 Å². The molecule has 198 valence electrons. The maximum Gasteiger partial charge on any atom is 0.414 e. The molecule has 1 saturated heterocycles. The van der Waals surface area contributed by atoms with Crippen LogP contribution in [0.15, 0.2) is 48.5 Å². The van der Waals surface area contributed by atoms with Crippen molar-refractivity contribution in [2.75, 3.05) is 18.6 Å². The lowest BCUT2D eigenvalue weighted by Crippen LogP contribution is -2.57. The number of methoxy groups -OCH3 is 1. The van der Waals surface area contributed by atoms with Crippen molar-refractivity contribution in [2.24, 2.45) is 0 Å². The summed E-state index contributed by atoms with van der Waals surface area (Å²) in [5.74, 6) is -0.413. The maximum absolute atomic E-state index is 13.8. The van der Waals surface area contributed by atoms with E-state index in [1.54, 1.807) is 47.4 Å². The third-order valence-corrected chi connectivity index (χ3v) is 12.0. The molecule has 1 fully saturated rings. The summed E-state index contributed by atoms with van der Waals surface area (Å²) in [6.45, 7) is 10.4. The van der Waals surface area contributed by atoms with E-state index in [9.17, 15) is 19.5 Å². The van der Waals surface area contributed by atoms with Crippen LogP contribution in [0.1, 0.15) is 47.9 Å². The van der Waals surface area contributed by atoms with E-state index in [-0.39, 0.29) is 35.2 Å². The second-order valence-electron chi connectivity index (χ2n) is 11.0. The number of fused-ring (bicyclic) bond motifs is 2. The number of amides is 2. The summed E-state index contributed by atoms with van der Waals surface area (Å²) < 4.78 is 17.8. The summed E-state index contributed by atoms with van der Waals surface area (Å²) in [4.78, 5) is 42.1. The number of ether oxygens (including phenoxy) is 2. The highest BCUT2D eigenvalue weighted by Crippen LogP contribution is 2.43. The highest BCUT2D eigenvalue weighted by molar-refractivity contribution is 6.74. The molecule has 2 aromatic carbocycles. The number of carboxylic acid groups (broad SMARTS) is 1. The minimum atomic E-state index is -2.51. The van der Waals surface area contributed by atoms with Crippen LogP contribution >= 0.6 is 0 Å². The summed E-state index contributed by atoms with van der Waals surface area (Å²) in [5, 5.41) is 10.2. The van der Waals surface area contributed by atoms with Crippen molar-refractivity contribution in [3.05, 3.63) is 59.7 Å². The van der Waals surface area contributed by atoms with Crippen molar-refractivity contribution in [2.45, 2.75) is 63.7 Å². The first-order valence-corrected chi connectivity index (χ1v) is 15.2. The third-order valence-electron chi connectivity index (χ3n) is 7.55.